The van der Waals surface area contributed by atoms with Crippen molar-refractivity contribution in [2.24, 2.45) is 5.92 Å². The van der Waals surface area contributed by atoms with Gasteiger partial charge in [-0.2, -0.15) is 8.61 Å². The van der Waals surface area contributed by atoms with Crippen molar-refractivity contribution in [2.45, 2.75) is 61.8 Å². The van der Waals surface area contributed by atoms with E-state index in [1.807, 2.05) is 19.9 Å². The van der Waals surface area contributed by atoms with E-state index in [4.69, 9.17) is 4.74 Å². The number of methoxy groups -OCH3 is 1. The summed E-state index contributed by atoms with van der Waals surface area (Å²) in [6.07, 6.45) is 2.61. The molecule has 208 valence electrons. The maximum atomic E-state index is 13.4. The highest BCUT2D eigenvalue weighted by Crippen LogP contribution is 2.32. The highest BCUT2D eigenvalue weighted by Gasteiger charge is 2.34. The number of rotatable bonds is 9. The van der Waals surface area contributed by atoms with Gasteiger partial charge in [-0.25, -0.2) is 16.8 Å². The highest BCUT2D eigenvalue weighted by atomic mass is 32.2. The van der Waals surface area contributed by atoms with Crippen LogP contribution in [0.4, 0.5) is 0 Å². The predicted molar refractivity (Wildman–Crippen MR) is 145 cm³/mol. The molecule has 0 aromatic heterocycles. The topological polar surface area (TPSA) is 113 Å². The van der Waals surface area contributed by atoms with Gasteiger partial charge in [-0.15, -0.1) is 0 Å². The number of nitrogens with one attached hydrogen (secondary N) is 1. The molecule has 9 nitrogen and oxygen atoms in total. The van der Waals surface area contributed by atoms with Gasteiger partial charge < -0.3 is 10.1 Å². The molecule has 2 aliphatic rings. The van der Waals surface area contributed by atoms with Crippen molar-refractivity contribution in [2.75, 3.05) is 33.3 Å². The van der Waals surface area contributed by atoms with Gasteiger partial charge in [0, 0.05) is 38.6 Å². The highest BCUT2D eigenvalue weighted by molar-refractivity contribution is 7.89. The van der Waals surface area contributed by atoms with Crippen LogP contribution in [0.1, 0.15) is 56.6 Å². The Balaban J connectivity index is 1.33. The minimum absolute atomic E-state index is 0.129. The molecule has 0 saturated carbocycles. The second-order valence-corrected chi connectivity index (χ2v) is 14.1. The summed E-state index contributed by atoms with van der Waals surface area (Å²) in [6.45, 7) is 5.90. The number of hydrogen-bond donors (Lipinski definition) is 1. The van der Waals surface area contributed by atoms with E-state index in [1.54, 1.807) is 36.4 Å². The zero-order valence-electron chi connectivity index (χ0n) is 22.2. The zero-order valence-corrected chi connectivity index (χ0v) is 23.9. The fraction of sp³-hybridized carbons (Fsp3) is 0.519. The summed E-state index contributed by atoms with van der Waals surface area (Å²) in [5, 5.41) is 2.92. The summed E-state index contributed by atoms with van der Waals surface area (Å²) in [5.41, 5.74) is 1.72. The maximum Gasteiger partial charge on any atom is 0.246 e. The number of carbonyl (C=O) groups is 1. The normalized spacial score (nSPS) is 18.1. The molecule has 0 radical (unpaired) electrons. The van der Waals surface area contributed by atoms with E-state index in [2.05, 4.69) is 5.32 Å². The van der Waals surface area contributed by atoms with Gasteiger partial charge in [0.25, 0.3) is 0 Å². The first-order valence-corrected chi connectivity index (χ1v) is 16.0. The molecule has 2 aromatic carbocycles. The van der Waals surface area contributed by atoms with Crippen molar-refractivity contribution in [3.05, 3.63) is 53.6 Å². The van der Waals surface area contributed by atoms with E-state index in [9.17, 15) is 21.6 Å². The molecule has 0 spiro atoms. The van der Waals surface area contributed by atoms with Crippen molar-refractivity contribution in [1.82, 2.24) is 13.9 Å². The Kier molecular flexibility index (Phi) is 8.81. The van der Waals surface area contributed by atoms with Gasteiger partial charge in [0.1, 0.15) is 10.6 Å². The molecule has 38 heavy (non-hydrogen) atoms. The van der Waals surface area contributed by atoms with Crippen LogP contribution < -0.4 is 10.1 Å². The molecule has 1 N–H and O–H groups in total. The van der Waals surface area contributed by atoms with Crippen molar-refractivity contribution in [3.63, 3.8) is 0 Å². The smallest absolute Gasteiger partial charge is 0.246 e. The van der Waals surface area contributed by atoms with Gasteiger partial charge >= 0.3 is 0 Å². The molecule has 11 heteroatoms. The third-order valence-corrected chi connectivity index (χ3v) is 11.2. The fourth-order valence-corrected chi connectivity index (χ4v) is 8.12. The van der Waals surface area contributed by atoms with Gasteiger partial charge in [-0.1, -0.05) is 32.0 Å². The lowest BCUT2D eigenvalue weighted by molar-refractivity contribution is -0.126. The number of benzene rings is 2. The molecular formula is C27H37N3O6S2. The Bertz CT molecular complexity index is 1340. The van der Waals surface area contributed by atoms with Crippen molar-refractivity contribution in [1.29, 1.82) is 0 Å². The second kappa shape index (κ2) is 11.7. The third-order valence-electron chi connectivity index (χ3n) is 7.39. The molecule has 2 aliphatic heterocycles. The van der Waals surface area contributed by atoms with E-state index in [-0.39, 0.29) is 47.2 Å². The Labute approximate surface area is 226 Å². The van der Waals surface area contributed by atoms with Gasteiger partial charge in [0.05, 0.1) is 12.0 Å². The summed E-state index contributed by atoms with van der Waals surface area (Å²) in [7, 11) is -5.77. The predicted octanol–water partition coefficient (Wildman–Crippen LogP) is 3.32. The number of amides is 1. The number of ether oxygens (including phenoxy) is 1. The Morgan fingerprint density at radius 3 is 2.11 bits per heavy atom. The van der Waals surface area contributed by atoms with Crippen LogP contribution in [0.2, 0.25) is 0 Å². The lowest BCUT2D eigenvalue weighted by Crippen LogP contribution is -2.43. The summed E-state index contributed by atoms with van der Waals surface area (Å²) in [6, 6.07) is 11.9. The average molecular weight is 564 g/mol. The van der Waals surface area contributed by atoms with Crippen molar-refractivity contribution < 1.29 is 26.4 Å². The molecule has 2 fully saturated rings. The van der Waals surface area contributed by atoms with Crippen molar-refractivity contribution in [3.8, 4) is 5.75 Å². The van der Waals surface area contributed by atoms with Crippen molar-refractivity contribution >= 4 is 26.0 Å². The number of piperidine rings is 1. The first-order valence-electron chi connectivity index (χ1n) is 13.1. The Morgan fingerprint density at radius 2 is 1.53 bits per heavy atom. The zero-order chi connectivity index (χ0) is 27.5. The van der Waals surface area contributed by atoms with Crippen LogP contribution >= 0.6 is 0 Å². The van der Waals surface area contributed by atoms with Gasteiger partial charge in [-0.05, 0) is 67.0 Å². The third kappa shape index (κ3) is 6.06. The van der Waals surface area contributed by atoms with E-state index in [1.165, 1.54) is 15.7 Å². The first-order chi connectivity index (χ1) is 18.0. The van der Waals surface area contributed by atoms with Gasteiger partial charge in [-0.3, -0.25) is 4.79 Å². The molecule has 2 saturated heterocycles. The number of sulfonamides is 2. The quantitative estimate of drug-likeness (QED) is 0.501. The van der Waals surface area contributed by atoms with E-state index in [0.29, 0.717) is 31.7 Å². The molecule has 2 heterocycles. The standard InChI is InChI=1S/C27H37N3O6S2/c1-20(2)23-8-11-25(36-3)26(18-23)38(34,35)30-16-12-22(13-17-30)27(31)28-19-21-6-9-24(10-7-21)37(32,33)29-14-4-5-15-29/h6-11,18,20,22H,4-5,12-17,19H2,1-3H3,(H,28,31). The summed E-state index contributed by atoms with van der Waals surface area (Å²) >= 11 is 0. The molecule has 0 bridgehead atoms. The van der Waals surface area contributed by atoms with Crippen LogP contribution in [0.5, 0.6) is 5.75 Å². The Hall–Kier alpha value is -2.47. The number of carbonyl (C=O) groups excluding carboxylic acids is 1. The van der Waals surface area contributed by atoms with Gasteiger partial charge in [0.15, 0.2) is 0 Å². The summed E-state index contributed by atoms with van der Waals surface area (Å²) < 4.78 is 60.5. The lowest BCUT2D eigenvalue weighted by atomic mass is 9.97. The average Bonchev–Trinajstić information content (AvgIpc) is 3.48. The van der Waals surface area contributed by atoms with Crippen LogP contribution in [0.25, 0.3) is 0 Å². The molecule has 0 aliphatic carbocycles. The molecule has 0 unspecified atom stereocenters. The molecule has 0 atom stereocenters. The second-order valence-electron chi connectivity index (χ2n) is 10.2. The monoisotopic (exact) mass is 563 g/mol. The van der Waals surface area contributed by atoms with Crippen LogP contribution in [-0.4, -0.2) is 64.6 Å². The van der Waals surface area contributed by atoms with Crippen LogP contribution in [-0.2, 0) is 31.4 Å². The molecule has 1 amide bonds. The first kappa shape index (κ1) is 28.5. The summed E-state index contributed by atoms with van der Waals surface area (Å²) in [5.74, 6) is 0.0684. The van der Waals surface area contributed by atoms with Gasteiger partial charge in [0.2, 0.25) is 26.0 Å². The minimum Gasteiger partial charge on any atom is -0.495 e. The van der Waals surface area contributed by atoms with Crippen LogP contribution in [0.15, 0.2) is 52.3 Å². The van der Waals surface area contributed by atoms with E-state index >= 15 is 0 Å². The summed E-state index contributed by atoms with van der Waals surface area (Å²) in [4.78, 5) is 13.2. The van der Waals surface area contributed by atoms with Crippen LogP contribution in [0.3, 0.4) is 0 Å². The lowest BCUT2D eigenvalue weighted by Gasteiger charge is -2.31. The SMILES string of the molecule is COc1ccc(C(C)C)cc1S(=O)(=O)N1CCC(C(=O)NCc2ccc(S(=O)(=O)N3CCCC3)cc2)CC1. The largest absolute Gasteiger partial charge is 0.495 e. The van der Waals surface area contributed by atoms with E-state index in [0.717, 1.165) is 24.0 Å². The minimum atomic E-state index is -3.76. The number of hydrogen-bond acceptors (Lipinski definition) is 6. The Morgan fingerprint density at radius 1 is 0.921 bits per heavy atom. The van der Waals surface area contributed by atoms with E-state index < -0.39 is 20.0 Å². The fourth-order valence-electron chi connectivity index (χ4n) is 4.94. The maximum absolute atomic E-state index is 13.4. The number of nitrogens with zero attached hydrogens (tertiary/aromatic N) is 2. The molecular weight excluding hydrogens is 526 g/mol. The van der Waals surface area contributed by atoms with Crippen LogP contribution in [0, 0.1) is 5.92 Å². The molecule has 4 rings (SSSR count). The molecule has 2 aromatic rings.